The Bertz CT molecular complexity index is 1090. The minimum absolute atomic E-state index is 0.152. The van der Waals surface area contributed by atoms with Gasteiger partial charge < -0.3 is 5.32 Å². The first-order valence-corrected chi connectivity index (χ1v) is 13.0. The molecular formula is C20H19BrN2O3S3. The molecule has 3 aromatic rings. The summed E-state index contributed by atoms with van der Waals surface area (Å²) >= 11 is 5.94. The first-order chi connectivity index (χ1) is 13.9. The van der Waals surface area contributed by atoms with E-state index in [2.05, 4.69) is 26.0 Å². The number of rotatable bonds is 8. The zero-order chi connectivity index (χ0) is 20.9. The standard InChI is InChI=1S/C20H19BrN2O3S3/c1-27-16-9-5-8-15(13-16)22-20(24)17(12-14-6-3-2-4-7-14)23-29(25,26)19-11-10-18(21)28-19/h2-11,13,17,23H,12H2,1H3,(H,22,24)/t17-/m1/s1. The molecular weight excluding hydrogens is 492 g/mol. The monoisotopic (exact) mass is 510 g/mol. The molecule has 152 valence electrons. The van der Waals surface area contributed by atoms with Crippen LogP contribution in [0.1, 0.15) is 5.56 Å². The van der Waals surface area contributed by atoms with Gasteiger partial charge in [-0.1, -0.05) is 36.4 Å². The number of amides is 1. The number of nitrogens with one attached hydrogen (secondary N) is 2. The van der Waals surface area contributed by atoms with Gasteiger partial charge in [-0.3, -0.25) is 4.79 Å². The lowest BCUT2D eigenvalue weighted by atomic mass is 10.1. The molecule has 0 aliphatic heterocycles. The van der Waals surface area contributed by atoms with Crippen molar-refractivity contribution in [2.75, 3.05) is 11.6 Å². The van der Waals surface area contributed by atoms with Gasteiger partial charge in [-0.05, 0) is 64.5 Å². The fraction of sp³-hybridized carbons (Fsp3) is 0.150. The number of carbonyl (C=O) groups excluding carboxylic acids is 1. The maximum Gasteiger partial charge on any atom is 0.250 e. The predicted octanol–water partition coefficient (Wildman–Crippen LogP) is 4.76. The molecule has 0 fully saturated rings. The zero-order valence-corrected chi connectivity index (χ0v) is 19.5. The maximum atomic E-state index is 13.0. The number of sulfonamides is 1. The van der Waals surface area contributed by atoms with Crippen LogP contribution in [0.25, 0.3) is 0 Å². The Hall–Kier alpha value is -1.65. The third kappa shape index (κ3) is 6.16. The molecule has 0 bridgehead atoms. The van der Waals surface area contributed by atoms with Crippen molar-refractivity contribution in [1.82, 2.24) is 4.72 Å². The molecule has 29 heavy (non-hydrogen) atoms. The Kier molecular flexibility index (Phi) is 7.53. The number of thioether (sulfide) groups is 1. The summed E-state index contributed by atoms with van der Waals surface area (Å²) in [7, 11) is -3.84. The van der Waals surface area contributed by atoms with Crippen LogP contribution >= 0.6 is 39.0 Å². The van der Waals surface area contributed by atoms with Crippen LogP contribution in [0.15, 0.2) is 79.6 Å². The van der Waals surface area contributed by atoms with E-state index < -0.39 is 22.0 Å². The van der Waals surface area contributed by atoms with Crippen molar-refractivity contribution in [3.8, 4) is 0 Å². The largest absolute Gasteiger partial charge is 0.325 e. The Balaban J connectivity index is 1.84. The molecule has 1 atom stereocenters. The first-order valence-electron chi connectivity index (χ1n) is 8.64. The highest BCUT2D eigenvalue weighted by molar-refractivity contribution is 9.11. The molecule has 9 heteroatoms. The number of anilines is 1. The molecule has 2 N–H and O–H groups in total. The van der Waals surface area contributed by atoms with Gasteiger partial charge in [-0.15, -0.1) is 23.1 Å². The zero-order valence-electron chi connectivity index (χ0n) is 15.5. The van der Waals surface area contributed by atoms with E-state index in [9.17, 15) is 13.2 Å². The Morgan fingerprint density at radius 3 is 2.52 bits per heavy atom. The quantitative estimate of drug-likeness (QED) is 0.428. The van der Waals surface area contributed by atoms with Crippen LogP contribution in [0, 0.1) is 0 Å². The van der Waals surface area contributed by atoms with Gasteiger partial charge in [-0.25, -0.2) is 8.42 Å². The summed E-state index contributed by atoms with van der Waals surface area (Å²) in [5, 5.41) is 2.83. The SMILES string of the molecule is CSc1cccc(NC(=O)[C@@H](Cc2ccccc2)NS(=O)(=O)c2ccc(Br)s2)c1. The lowest BCUT2D eigenvalue weighted by Gasteiger charge is -2.18. The van der Waals surface area contributed by atoms with Crippen LogP contribution in [-0.4, -0.2) is 26.6 Å². The van der Waals surface area contributed by atoms with E-state index in [0.29, 0.717) is 9.47 Å². The topological polar surface area (TPSA) is 75.3 Å². The summed E-state index contributed by atoms with van der Waals surface area (Å²) in [5.41, 5.74) is 1.48. The van der Waals surface area contributed by atoms with E-state index in [4.69, 9.17) is 0 Å². The molecule has 3 rings (SSSR count). The number of carbonyl (C=O) groups is 1. The molecule has 0 aliphatic carbocycles. The van der Waals surface area contributed by atoms with Crippen molar-refractivity contribution in [2.24, 2.45) is 0 Å². The molecule has 0 unspecified atom stereocenters. The third-order valence-corrected chi connectivity index (χ3v) is 8.36. The maximum absolute atomic E-state index is 13.0. The van der Waals surface area contributed by atoms with E-state index in [0.717, 1.165) is 21.8 Å². The van der Waals surface area contributed by atoms with E-state index >= 15 is 0 Å². The van der Waals surface area contributed by atoms with Gasteiger partial charge in [0.1, 0.15) is 10.3 Å². The van der Waals surface area contributed by atoms with Gasteiger partial charge in [-0.2, -0.15) is 4.72 Å². The molecule has 0 spiro atoms. The van der Waals surface area contributed by atoms with Crippen LogP contribution < -0.4 is 10.0 Å². The summed E-state index contributed by atoms with van der Waals surface area (Å²) < 4.78 is 29.0. The van der Waals surface area contributed by atoms with Crippen LogP contribution in [0.4, 0.5) is 5.69 Å². The number of thiophene rings is 1. The summed E-state index contributed by atoms with van der Waals surface area (Å²) in [6.07, 6.45) is 2.19. The second-order valence-electron chi connectivity index (χ2n) is 6.14. The van der Waals surface area contributed by atoms with Crippen molar-refractivity contribution < 1.29 is 13.2 Å². The minimum Gasteiger partial charge on any atom is -0.325 e. The lowest BCUT2D eigenvalue weighted by molar-refractivity contribution is -0.117. The van der Waals surface area contributed by atoms with E-state index in [-0.39, 0.29) is 10.6 Å². The normalized spacial score (nSPS) is 12.5. The molecule has 0 saturated heterocycles. The molecule has 0 saturated carbocycles. The summed E-state index contributed by atoms with van der Waals surface area (Å²) in [6, 6.07) is 19.0. The van der Waals surface area contributed by atoms with Crippen molar-refractivity contribution in [3.05, 3.63) is 76.1 Å². The van der Waals surface area contributed by atoms with E-state index in [1.54, 1.807) is 23.9 Å². The highest BCUT2D eigenvalue weighted by Crippen LogP contribution is 2.26. The second-order valence-corrected chi connectivity index (χ2v) is 11.4. The van der Waals surface area contributed by atoms with Gasteiger partial charge in [0, 0.05) is 10.6 Å². The Morgan fingerprint density at radius 1 is 1.10 bits per heavy atom. The van der Waals surface area contributed by atoms with Crippen LogP contribution in [0.2, 0.25) is 0 Å². The summed E-state index contributed by atoms with van der Waals surface area (Å²) in [5.74, 6) is -0.411. The molecule has 2 aromatic carbocycles. The van der Waals surface area contributed by atoms with Crippen molar-refractivity contribution in [1.29, 1.82) is 0 Å². The van der Waals surface area contributed by atoms with Crippen molar-refractivity contribution in [2.45, 2.75) is 21.6 Å². The fourth-order valence-electron chi connectivity index (χ4n) is 2.66. The van der Waals surface area contributed by atoms with Crippen LogP contribution in [0.3, 0.4) is 0 Å². The Labute approximate surface area is 187 Å². The molecule has 0 radical (unpaired) electrons. The minimum atomic E-state index is -3.84. The van der Waals surface area contributed by atoms with Gasteiger partial charge in [0.2, 0.25) is 5.91 Å². The van der Waals surface area contributed by atoms with Crippen LogP contribution in [0.5, 0.6) is 0 Å². The van der Waals surface area contributed by atoms with Gasteiger partial charge >= 0.3 is 0 Å². The average molecular weight is 511 g/mol. The average Bonchev–Trinajstić information content (AvgIpc) is 3.15. The van der Waals surface area contributed by atoms with E-state index in [1.807, 2.05) is 54.8 Å². The predicted molar refractivity (Wildman–Crippen MR) is 123 cm³/mol. The number of hydrogen-bond donors (Lipinski definition) is 2. The molecule has 0 aliphatic rings. The van der Waals surface area contributed by atoms with Crippen molar-refractivity contribution in [3.63, 3.8) is 0 Å². The number of hydrogen-bond acceptors (Lipinski definition) is 5. The molecule has 1 amide bonds. The summed E-state index contributed by atoms with van der Waals surface area (Å²) in [6.45, 7) is 0. The smallest absolute Gasteiger partial charge is 0.250 e. The van der Waals surface area contributed by atoms with Crippen LogP contribution in [-0.2, 0) is 21.2 Å². The molecule has 1 aromatic heterocycles. The lowest BCUT2D eigenvalue weighted by Crippen LogP contribution is -2.45. The molecule has 1 heterocycles. The second kappa shape index (κ2) is 9.90. The van der Waals surface area contributed by atoms with E-state index in [1.165, 1.54) is 6.07 Å². The highest BCUT2D eigenvalue weighted by atomic mass is 79.9. The Morgan fingerprint density at radius 2 is 1.86 bits per heavy atom. The summed E-state index contributed by atoms with van der Waals surface area (Å²) in [4.78, 5) is 14.0. The van der Waals surface area contributed by atoms with Gasteiger partial charge in [0.15, 0.2) is 0 Å². The fourth-order valence-corrected chi connectivity index (χ4v) is 6.34. The first kappa shape index (κ1) is 22.0. The number of benzene rings is 2. The highest BCUT2D eigenvalue weighted by Gasteiger charge is 2.27. The molecule has 5 nitrogen and oxygen atoms in total. The van der Waals surface area contributed by atoms with Crippen molar-refractivity contribution >= 4 is 60.6 Å². The number of halogens is 1. The third-order valence-electron chi connectivity index (χ3n) is 4.05. The van der Waals surface area contributed by atoms with Gasteiger partial charge in [0.05, 0.1) is 3.79 Å². The van der Waals surface area contributed by atoms with Gasteiger partial charge in [0.25, 0.3) is 10.0 Å².